The number of hydrogen-bond acceptors (Lipinski definition) is 6. The Morgan fingerprint density at radius 3 is 2.77 bits per heavy atom. The molecule has 1 unspecified atom stereocenters. The van der Waals surface area contributed by atoms with Gasteiger partial charge in [-0.3, -0.25) is 4.68 Å². The highest BCUT2D eigenvalue weighted by Crippen LogP contribution is 2.30. The van der Waals surface area contributed by atoms with Gasteiger partial charge in [-0.25, -0.2) is 0 Å². The largest absolute Gasteiger partial charge is 0.598 e. The predicted molar refractivity (Wildman–Crippen MR) is 109 cm³/mol. The third-order valence-corrected chi connectivity index (χ3v) is 6.60. The van der Waals surface area contributed by atoms with Crippen LogP contribution in [-0.2, 0) is 11.4 Å². The summed E-state index contributed by atoms with van der Waals surface area (Å²) in [5.74, 6) is 6.35. The van der Waals surface area contributed by atoms with E-state index >= 15 is 0 Å². The number of aromatic nitrogens is 2. The lowest BCUT2D eigenvalue weighted by Crippen LogP contribution is -2.38. The van der Waals surface area contributed by atoms with E-state index in [-0.39, 0.29) is 0 Å². The van der Waals surface area contributed by atoms with Crippen molar-refractivity contribution in [1.82, 2.24) is 14.1 Å². The monoisotopic (exact) mass is 389 g/mol. The van der Waals surface area contributed by atoms with Crippen LogP contribution in [0.3, 0.4) is 0 Å². The minimum atomic E-state index is -0.884. The molecule has 6 nitrogen and oxygen atoms in total. The van der Waals surface area contributed by atoms with Crippen LogP contribution >= 0.6 is 11.3 Å². The van der Waals surface area contributed by atoms with Crippen molar-refractivity contribution in [1.29, 1.82) is 0 Å². The SMILES string of the molecule is C=C(N)c1sc(C#Cc2cnn(C3CCN([S+](C)[O-])CC3)c2)cc1NC. The Balaban J connectivity index is 1.68. The Labute approximate surface area is 161 Å². The lowest BCUT2D eigenvalue weighted by Gasteiger charge is -2.30. The molecule has 0 spiro atoms. The van der Waals surface area contributed by atoms with Crippen molar-refractivity contribution in [2.75, 3.05) is 31.7 Å². The molecule has 8 heteroatoms. The number of thiophene rings is 1. The number of anilines is 1. The van der Waals surface area contributed by atoms with Crippen LogP contribution in [0.5, 0.6) is 0 Å². The van der Waals surface area contributed by atoms with Crippen molar-refractivity contribution in [2.24, 2.45) is 5.73 Å². The van der Waals surface area contributed by atoms with Gasteiger partial charge in [-0.2, -0.15) is 5.10 Å². The molecular weight excluding hydrogens is 366 g/mol. The molecule has 138 valence electrons. The van der Waals surface area contributed by atoms with Gasteiger partial charge in [-0.05, 0) is 18.9 Å². The van der Waals surface area contributed by atoms with Gasteiger partial charge < -0.3 is 15.6 Å². The highest BCUT2D eigenvalue weighted by molar-refractivity contribution is 7.88. The lowest BCUT2D eigenvalue weighted by atomic mass is 10.1. The summed E-state index contributed by atoms with van der Waals surface area (Å²) in [6.45, 7) is 5.47. The Morgan fingerprint density at radius 1 is 1.46 bits per heavy atom. The van der Waals surface area contributed by atoms with Gasteiger partial charge in [0.1, 0.15) is 6.26 Å². The van der Waals surface area contributed by atoms with E-state index in [1.165, 1.54) is 11.3 Å². The Hall–Kier alpha value is -1.92. The molecule has 0 radical (unpaired) electrons. The second-order valence-corrected chi connectivity index (χ2v) is 8.59. The van der Waals surface area contributed by atoms with Crippen molar-refractivity contribution < 1.29 is 4.55 Å². The zero-order valence-corrected chi connectivity index (χ0v) is 16.6. The summed E-state index contributed by atoms with van der Waals surface area (Å²) in [6.07, 6.45) is 7.43. The molecule has 1 atom stereocenters. The summed E-state index contributed by atoms with van der Waals surface area (Å²) in [6, 6.07) is 2.32. The normalized spacial score (nSPS) is 16.7. The highest BCUT2D eigenvalue weighted by Gasteiger charge is 2.25. The molecule has 2 aromatic rings. The van der Waals surface area contributed by atoms with Crippen LogP contribution in [0, 0.1) is 11.8 Å². The zero-order chi connectivity index (χ0) is 18.7. The second kappa shape index (κ2) is 8.18. The maximum absolute atomic E-state index is 11.5. The molecule has 3 heterocycles. The molecule has 1 aliphatic heterocycles. The first-order valence-electron chi connectivity index (χ1n) is 8.39. The van der Waals surface area contributed by atoms with Crippen LogP contribution in [-0.4, -0.2) is 45.0 Å². The maximum atomic E-state index is 11.5. The van der Waals surface area contributed by atoms with Gasteiger partial charge in [0, 0.05) is 43.4 Å². The average molecular weight is 390 g/mol. The van der Waals surface area contributed by atoms with E-state index < -0.39 is 11.4 Å². The summed E-state index contributed by atoms with van der Waals surface area (Å²) < 4.78 is 15.5. The number of rotatable bonds is 4. The molecule has 1 aliphatic rings. The van der Waals surface area contributed by atoms with E-state index in [0.717, 1.165) is 46.9 Å². The van der Waals surface area contributed by atoms with E-state index in [1.54, 1.807) is 12.5 Å². The van der Waals surface area contributed by atoms with Crippen LogP contribution in [0.1, 0.15) is 34.2 Å². The van der Waals surface area contributed by atoms with E-state index in [4.69, 9.17) is 5.73 Å². The number of nitrogens with two attached hydrogens (primary N) is 1. The number of nitrogens with zero attached hydrogens (tertiary/aromatic N) is 3. The molecule has 0 aliphatic carbocycles. The Bertz CT molecular complexity index is 837. The fourth-order valence-electron chi connectivity index (χ4n) is 2.98. The van der Waals surface area contributed by atoms with Crippen LogP contribution < -0.4 is 11.1 Å². The zero-order valence-electron chi connectivity index (χ0n) is 15.0. The minimum Gasteiger partial charge on any atom is -0.598 e. The van der Waals surface area contributed by atoms with Gasteiger partial charge in [0.15, 0.2) is 0 Å². The van der Waals surface area contributed by atoms with Gasteiger partial charge in [-0.1, -0.05) is 18.4 Å². The van der Waals surface area contributed by atoms with E-state index in [2.05, 4.69) is 28.8 Å². The molecule has 1 fully saturated rings. The minimum absolute atomic E-state index is 0.343. The standard InChI is InChI=1S/C18H23N5OS2/c1-13(19)18-17(20-2)10-16(25-18)5-4-14-11-21-23(12-14)15-6-8-22(9-7-15)26(3)24/h10-12,15,20H,1,6-9,19H2,2-3H3. The van der Waals surface area contributed by atoms with Gasteiger partial charge in [0.25, 0.3) is 0 Å². The van der Waals surface area contributed by atoms with E-state index in [9.17, 15) is 4.55 Å². The number of piperidine rings is 1. The summed E-state index contributed by atoms with van der Waals surface area (Å²) >= 11 is 0.643. The maximum Gasteiger partial charge on any atom is 0.115 e. The average Bonchev–Trinajstić information content (AvgIpc) is 3.27. The molecular formula is C18H23N5OS2. The van der Waals surface area contributed by atoms with Crippen molar-refractivity contribution in [3.63, 3.8) is 0 Å². The van der Waals surface area contributed by atoms with Crippen LogP contribution in [0.25, 0.3) is 5.70 Å². The Morgan fingerprint density at radius 2 is 2.19 bits per heavy atom. The molecule has 2 aromatic heterocycles. The molecule has 0 bridgehead atoms. The summed E-state index contributed by atoms with van der Waals surface area (Å²) in [5.41, 5.74) is 8.19. The Kier molecular flexibility index (Phi) is 5.94. The van der Waals surface area contributed by atoms with Gasteiger partial charge >= 0.3 is 0 Å². The number of hydrogen-bond donors (Lipinski definition) is 2. The van der Waals surface area contributed by atoms with E-state index in [0.29, 0.717) is 11.7 Å². The quantitative estimate of drug-likeness (QED) is 0.619. The number of nitrogens with one attached hydrogen (secondary N) is 1. The van der Waals surface area contributed by atoms with Gasteiger partial charge in [0.05, 0.1) is 33.2 Å². The topological polar surface area (TPSA) is 82.2 Å². The smallest absolute Gasteiger partial charge is 0.115 e. The molecule has 3 rings (SSSR count). The lowest BCUT2D eigenvalue weighted by molar-refractivity contribution is 0.262. The first kappa shape index (κ1) is 18.9. The molecule has 3 N–H and O–H groups in total. The summed E-state index contributed by atoms with van der Waals surface area (Å²) in [4.78, 5) is 1.86. The fraction of sp³-hybridized carbons (Fsp3) is 0.389. The summed E-state index contributed by atoms with van der Waals surface area (Å²) in [5, 5.41) is 7.58. The first-order chi connectivity index (χ1) is 12.5. The van der Waals surface area contributed by atoms with Gasteiger partial charge in [0.2, 0.25) is 0 Å². The van der Waals surface area contributed by atoms with Crippen molar-refractivity contribution >= 4 is 34.1 Å². The van der Waals surface area contributed by atoms with Gasteiger partial charge in [-0.15, -0.1) is 15.6 Å². The van der Waals surface area contributed by atoms with Crippen LogP contribution in [0.15, 0.2) is 25.0 Å². The molecule has 26 heavy (non-hydrogen) atoms. The van der Waals surface area contributed by atoms with E-state index in [1.807, 2.05) is 28.3 Å². The van der Waals surface area contributed by atoms with Crippen molar-refractivity contribution in [3.05, 3.63) is 40.4 Å². The second-order valence-electron chi connectivity index (χ2n) is 6.17. The highest BCUT2D eigenvalue weighted by atomic mass is 32.2. The molecule has 0 saturated carbocycles. The molecule has 0 aromatic carbocycles. The molecule has 0 amide bonds. The fourth-order valence-corrected chi connectivity index (χ4v) is 4.60. The van der Waals surface area contributed by atoms with Crippen molar-refractivity contribution in [2.45, 2.75) is 18.9 Å². The molecule has 1 saturated heterocycles. The third-order valence-electron chi connectivity index (χ3n) is 4.39. The first-order valence-corrected chi connectivity index (χ1v) is 10.7. The van der Waals surface area contributed by atoms with Crippen LogP contribution in [0.2, 0.25) is 0 Å². The van der Waals surface area contributed by atoms with Crippen LogP contribution in [0.4, 0.5) is 5.69 Å². The van der Waals surface area contributed by atoms with Crippen molar-refractivity contribution in [3.8, 4) is 11.8 Å². The predicted octanol–water partition coefficient (Wildman–Crippen LogP) is 2.25. The third kappa shape index (κ3) is 4.24. The summed E-state index contributed by atoms with van der Waals surface area (Å²) in [7, 11) is 1.86.